The lowest BCUT2D eigenvalue weighted by Crippen LogP contribution is -2.50. The van der Waals surface area contributed by atoms with Crippen molar-refractivity contribution in [3.63, 3.8) is 0 Å². The van der Waals surface area contributed by atoms with Crippen molar-refractivity contribution in [2.45, 2.75) is 46.6 Å². The minimum absolute atomic E-state index is 0.0242. The molecule has 0 aromatic rings. The second kappa shape index (κ2) is 6.61. The van der Waals surface area contributed by atoms with Crippen molar-refractivity contribution < 1.29 is 19.4 Å². The van der Waals surface area contributed by atoms with Gasteiger partial charge in [0.25, 0.3) is 0 Å². The van der Waals surface area contributed by atoms with Gasteiger partial charge in [-0.3, -0.25) is 0 Å². The predicted molar refractivity (Wildman–Crippen MR) is 76.5 cm³/mol. The highest BCUT2D eigenvalue weighted by molar-refractivity contribution is 5.93. The molecule has 1 fully saturated rings. The van der Waals surface area contributed by atoms with Crippen molar-refractivity contribution in [2.75, 3.05) is 13.2 Å². The zero-order valence-electron chi connectivity index (χ0n) is 13.0. The first-order valence-corrected chi connectivity index (χ1v) is 7.01. The van der Waals surface area contributed by atoms with Crippen LogP contribution in [0.5, 0.6) is 0 Å². The van der Waals surface area contributed by atoms with E-state index >= 15 is 0 Å². The summed E-state index contributed by atoms with van der Waals surface area (Å²) >= 11 is 0. The Balaban J connectivity index is 3.12. The molecule has 1 amide bonds. The molecule has 1 atom stereocenters. The number of carbonyl (C=O) groups is 2. The quantitative estimate of drug-likeness (QED) is 0.480. The molecule has 0 radical (unpaired) electrons. The Morgan fingerprint density at radius 3 is 2.52 bits per heavy atom. The number of nitrogens with zero attached hydrogens (tertiary/aromatic N) is 2. The monoisotopic (exact) mass is 294 g/mol. The molecule has 21 heavy (non-hydrogen) atoms. The molecule has 1 aliphatic heterocycles. The summed E-state index contributed by atoms with van der Waals surface area (Å²) in [6, 6.07) is 1.64. The molecule has 1 unspecified atom stereocenters. The maximum absolute atomic E-state index is 11.8. The number of rotatable bonds is 2. The van der Waals surface area contributed by atoms with Crippen LogP contribution >= 0.6 is 0 Å². The summed E-state index contributed by atoms with van der Waals surface area (Å²) in [5.41, 5.74) is 0.434. The third-order valence-electron chi connectivity index (χ3n) is 3.66. The topological polar surface area (TPSA) is 90.6 Å². The molecule has 6 nitrogen and oxygen atoms in total. The summed E-state index contributed by atoms with van der Waals surface area (Å²) in [7, 11) is 0. The third kappa shape index (κ3) is 3.97. The normalized spacial score (nSPS) is 21.5. The van der Waals surface area contributed by atoms with Crippen LogP contribution in [0.3, 0.4) is 0 Å². The van der Waals surface area contributed by atoms with Crippen LogP contribution in [-0.4, -0.2) is 41.3 Å². The molecule has 1 heterocycles. The lowest BCUT2D eigenvalue weighted by molar-refractivity contribution is -0.138. The van der Waals surface area contributed by atoms with Crippen molar-refractivity contribution in [2.24, 2.45) is 5.41 Å². The van der Waals surface area contributed by atoms with Crippen LogP contribution in [0.4, 0.5) is 4.79 Å². The number of ether oxygens (including phenoxy) is 1. The second-order valence-corrected chi connectivity index (χ2v) is 6.12. The van der Waals surface area contributed by atoms with E-state index < -0.39 is 12.1 Å². The molecule has 1 rings (SSSR count). The number of amides is 1. The van der Waals surface area contributed by atoms with Crippen LogP contribution in [0.25, 0.3) is 0 Å². The molecule has 0 bridgehead atoms. The lowest BCUT2D eigenvalue weighted by atomic mass is 9.78. The van der Waals surface area contributed by atoms with Crippen LogP contribution in [-0.2, 0) is 9.53 Å². The Morgan fingerprint density at radius 2 is 2.10 bits per heavy atom. The summed E-state index contributed by atoms with van der Waals surface area (Å²) in [6.45, 7) is 8.04. The molecule has 116 valence electrons. The van der Waals surface area contributed by atoms with E-state index in [2.05, 4.69) is 0 Å². The molecular formula is C15H22N2O4. The van der Waals surface area contributed by atoms with Gasteiger partial charge in [0.05, 0.1) is 6.61 Å². The van der Waals surface area contributed by atoms with E-state index in [9.17, 15) is 20.0 Å². The molecule has 0 aromatic heterocycles. The van der Waals surface area contributed by atoms with Crippen LogP contribution in [0.2, 0.25) is 0 Å². The minimum Gasteiger partial charge on any atom is -0.465 e. The molecule has 6 heteroatoms. The molecule has 0 aliphatic carbocycles. The SMILES string of the molecule is CCOC(=O)C(C#N)=C1CCN(C(=O)O)C(C(C)(C)C)C1. The molecule has 0 spiro atoms. The fourth-order valence-corrected chi connectivity index (χ4v) is 2.56. The van der Waals surface area contributed by atoms with Gasteiger partial charge in [0.1, 0.15) is 11.6 Å². The number of hydrogen-bond donors (Lipinski definition) is 1. The molecule has 0 aromatic carbocycles. The lowest BCUT2D eigenvalue weighted by Gasteiger charge is -2.42. The third-order valence-corrected chi connectivity index (χ3v) is 3.66. The van der Waals surface area contributed by atoms with Crippen LogP contribution in [0.15, 0.2) is 11.1 Å². The average Bonchev–Trinajstić information content (AvgIpc) is 2.38. The van der Waals surface area contributed by atoms with Crippen LogP contribution < -0.4 is 0 Å². The fraction of sp³-hybridized carbons (Fsp3) is 0.667. The van der Waals surface area contributed by atoms with E-state index in [4.69, 9.17) is 4.74 Å². The zero-order valence-corrected chi connectivity index (χ0v) is 13.0. The number of likely N-dealkylation sites (tertiary alicyclic amines) is 1. The first-order valence-electron chi connectivity index (χ1n) is 7.01. The number of carbonyl (C=O) groups excluding carboxylic acids is 1. The fourth-order valence-electron chi connectivity index (χ4n) is 2.56. The van der Waals surface area contributed by atoms with Gasteiger partial charge in [0.2, 0.25) is 0 Å². The summed E-state index contributed by atoms with van der Waals surface area (Å²) in [5.74, 6) is -0.619. The van der Waals surface area contributed by atoms with Gasteiger partial charge in [-0.1, -0.05) is 20.8 Å². The highest BCUT2D eigenvalue weighted by Crippen LogP contribution is 2.35. The van der Waals surface area contributed by atoms with E-state index in [-0.39, 0.29) is 30.2 Å². The summed E-state index contributed by atoms with van der Waals surface area (Å²) in [5, 5.41) is 18.5. The van der Waals surface area contributed by atoms with E-state index in [1.54, 1.807) is 6.92 Å². The van der Waals surface area contributed by atoms with Crippen molar-refractivity contribution >= 4 is 12.1 Å². The highest BCUT2D eigenvalue weighted by atomic mass is 16.5. The van der Waals surface area contributed by atoms with Gasteiger partial charge in [-0.05, 0) is 30.8 Å². The standard InChI is InChI=1S/C15H22N2O4/c1-5-21-13(18)11(9-16)10-6-7-17(14(19)20)12(8-10)15(2,3)4/h12H,5-8H2,1-4H3,(H,19,20). The van der Waals surface area contributed by atoms with Gasteiger partial charge in [-0.2, -0.15) is 5.26 Å². The van der Waals surface area contributed by atoms with Crippen LogP contribution in [0, 0.1) is 16.7 Å². The molecular weight excluding hydrogens is 272 g/mol. The summed E-state index contributed by atoms with van der Waals surface area (Å²) in [6.07, 6.45) is -0.193. The van der Waals surface area contributed by atoms with Gasteiger partial charge in [-0.15, -0.1) is 0 Å². The number of carboxylic acid groups (broad SMARTS) is 1. The Labute approximate surface area is 125 Å². The van der Waals surface area contributed by atoms with Crippen molar-refractivity contribution in [1.82, 2.24) is 4.90 Å². The smallest absolute Gasteiger partial charge is 0.407 e. The maximum Gasteiger partial charge on any atom is 0.407 e. The van der Waals surface area contributed by atoms with Gasteiger partial charge < -0.3 is 14.7 Å². The molecule has 0 saturated carbocycles. The number of hydrogen-bond acceptors (Lipinski definition) is 4. The first-order chi connectivity index (χ1) is 9.72. The van der Waals surface area contributed by atoms with E-state index in [1.807, 2.05) is 26.8 Å². The van der Waals surface area contributed by atoms with Crippen molar-refractivity contribution in [3.8, 4) is 6.07 Å². The highest BCUT2D eigenvalue weighted by Gasteiger charge is 2.38. The summed E-state index contributed by atoms with van der Waals surface area (Å²) in [4.78, 5) is 24.6. The van der Waals surface area contributed by atoms with Gasteiger partial charge in [0.15, 0.2) is 0 Å². The van der Waals surface area contributed by atoms with Crippen molar-refractivity contribution in [1.29, 1.82) is 5.26 Å². The van der Waals surface area contributed by atoms with E-state index in [0.29, 0.717) is 18.4 Å². The maximum atomic E-state index is 11.8. The summed E-state index contributed by atoms with van der Waals surface area (Å²) < 4.78 is 4.89. The Morgan fingerprint density at radius 1 is 1.48 bits per heavy atom. The largest absolute Gasteiger partial charge is 0.465 e. The Hall–Kier alpha value is -2.03. The minimum atomic E-state index is -0.969. The van der Waals surface area contributed by atoms with Crippen LogP contribution in [0.1, 0.15) is 40.5 Å². The first kappa shape index (κ1) is 17.0. The van der Waals surface area contributed by atoms with Gasteiger partial charge >= 0.3 is 12.1 Å². The molecule has 1 saturated heterocycles. The number of nitriles is 1. The van der Waals surface area contributed by atoms with Gasteiger partial charge in [0, 0.05) is 12.6 Å². The van der Waals surface area contributed by atoms with Crippen molar-refractivity contribution in [3.05, 3.63) is 11.1 Å². The predicted octanol–water partition coefficient (Wildman–Crippen LogP) is 2.56. The van der Waals surface area contributed by atoms with E-state index in [1.165, 1.54) is 4.90 Å². The van der Waals surface area contributed by atoms with E-state index in [0.717, 1.165) is 0 Å². The number of piperidine rings is 1. The second-order valence-electron chi connectivity index (χ2n) is 6.12. The molecule has 1 N–H and O–H groups in total. The average molecular weight is 294 g/mol. The van der Waals surface area contributed by atoms with Gasteiger partial charge in [-0.25, -0.2) is 9.59 Å². The molecule has 1 aliphatic rings. The number of esters is 1. The Bertz CT molecular complexity index is 497. The Kier molecular flexibility index (Phi) is 5.36. The zero-order chi connectivity index (χ0) is 16.2.